The van der Waals surface area contributed by atoms with Gasteiger partial charge >= 0.3 is 0 Å². The van der Waals surface area contributed by atoms with Crippen molar-refractivity contribution in [1.29, 1.82) is 0 Å². The molecule has 1 aromatic rings. The lowest BCUT2D eigenvalue weighted by Gasteiger charge is -2.05. The SMILES string of the molecule is N/N=C(/N)C1Cc2ccccc2C1. The fraction of sp³-hybridized carbons (Fsp3) is 0.300. The summed E-state index contributed by atoms with van der Waals surface area (Å²) in [5.41, 5.74) is 8.43. The van der Waals surface area contributed by atoms with Gasteiger partial charge < -0.3 is 11.6 Å². The van der Waals surface area contributed by atoms with E-state index in [1.165, 1.54) is 11.1 Å². The predicted octanol–water partition coefficient (Wildman–Crippen LogP) is 0.632. The van der Waals surface area contributed by atoms with E-state index in [1.54, 1.807) is 0 Å². The first-order valence-electron chi connectivity index (χ1n) is 4.41. The van der Waals surface area contributed by atoms with Crippen LogP contribution in [0.5, 0.6) is 0 Å². The molecule has 0 atom stereocenters. The second-order valence-corrected chi connectivity index (χ2v) is 3.43. The molecule has 1 aliphatic carbocycles. The molecule has 2 rings (SSSR count). The molecule has 0 spiro atoms. The molecule has 0 fully saturated rings. The first kappa shape index (κ1) is 8.10. The Kier molecular flexibility index (Phi) is 1.93. The molecule has 68 valence electrons. The Labute approximate surface area is 77.4 Å². The lowest BCUT2D eigenvalue weighted by atomic mass is 10.1. The number of amidine groups is 1. The highest BCUT2D eigenvalue weighted by Crippen LogP contribution is 2.26. The molecular formula is C10H13N3. The third-order valence-corrected chi connectivity index (χ3v) is 2.62. The zero-order valence-corrected chi connectivity index (χ0v) is 7.40. The van der Waals surface area contributed by atoms with Gasteiger partial charge in [0.2, 0.25) is 0 Å². The zero-order valence-electron chi connectivity index (χ0n) is 7.40. The zero-order chi connectivity index (χ0) is 9.26. The Morgan fingerprint density at radius 3 is 2.23 bits per heavy atom. The second kappa shape index (κ2) is 3.09. The molecule has 0 saturated heterocycles. The van der Waals surface area contributed by atoms with Crippen molar-refractivity contribution >= 4 is 5.84 Å². The van der Waals surface area contributed by atoms with E-state index >= 15 is 0 Å². The van der Waals surface area contributed by atoms with Crippen molar-refractivity contribution < 1.29 is 0 Å². The maximum absolute atomic E-state index is 5.68. The Morgan fingerprint density at radius 1 is 1.23 bits per heavy atom. The van der Waals surface area contributed by atoms with Crippen LogP contribution in [-0.4, -0.2) is 5.84 Å². The van der Waals surface area contributed by atoms with Gasteiger partial charge in [0, 0.05) is 5.92 Å². The quantitative estimate of drug-likeness (QED) is 0.284. The predicted molar refractivity (Wildman–Crippen MR) is 53.1 cm³/mol. The fourth-order valence-electron chi connectivity index (χ4n) is 1.87. The number of benzene rings is 1. The van der Waals surface area contributed by atoms with Crippen molar-refractivity contribution in [3.63, 3.8) is 0 Å². The van der Waals surface area contributed by atoms with E-state index in [4.69, 9.17) is 11.6 Å². The van der Waals surface area contributed by atoms with Crippen molar-refractivity contribution in [3.8, 4) is 0 Å². The van der Waals surface area contributed by atoms with Crippen LogP contribution >= 0.6 is 0 Å². The average Bonchev–Trinajstić information content (AvgIpc) is 2.59. The third kappa shape index (κ3) is 1.37. The first-order valence-corrected chi connectivity index (χ1v) is 4.41. The van der Waals surface area contributed by atoms with Gasteiger partial charge in [-0.3, -0.25) is 0 Å². The third-order valence-electron chi connectivity index (χ3n) is 2.62. The number of nitrogens with zero attached hydrogens (tertiary/aromatic N) is 1. The smallest absolute Gasteiger partial charge is 0.123 e. The summed E-state index contributed by atoms with van der Waals surface area (Å²) in [6, 6.07) is 8.38. The molecule has 0 saturated carbocycles. The van der Waals surface area contributed by atoms with Gasteiger partial charge in [0.1, 0.15) is 5.84 Å². The number of hydrazone groups is 1. The van der Waals surface area contributed by atoms with E-state index in [0.29, 0.717) is 11.8 Å². The molecule has 13 heavy (non-hydrogen) atoms. The van der Waals surface area contributed by atoms with Crippen LogP contribution in [0.15, 0.2) is 29.4 Å². The van der Waals surface area contributed by atoms with Gasteiger partial charge in [-0.1, -0.05) is 24.3 Å². The van der Waals surface area contributed by atoms with Crippen molar-refractivity contribution in [2.75, 3.05) is 0 Å². The van der Waals surface area contributed by atoms with Crippen molar-refractivity contribution in [3.05, 3.63) is 35.4 Å². The molecule has 0 bridgehead atoms. The fourth-order valence-corrected chi connectivity index (χ4v) is 1.87. The van der Waals surface area contributed by atoms with Gasteiger partial charge in [-0.2, -0.15) is 5.10 Å². The van der Waals surface area contributed by atoms with E-state index in [9.17, 15) is 0 Å². The van der Waals surface area contributed by atoms with Gasteiger partial charge in [0.05, 0.1) is 0 Å². The molecule has 1 aliphatic rings. The molecule has 3 nitrogen and oxygen atoms in total. The lowest BCUT2D eigenvalue weighted by molar-refractivity contribution is 0.736. The number of nitrogens with two attached hydrogens (primary N) is 2. The molecule has 0 unspecified atom stereocenters. The minimum absolute atomic E-state index is 0.308. The minimum Gasteiger partial charge on any atom is -0.385 e. The summed E-state index contributed by atoms with van der Waals surface area (Å²) < 4.78 is 0. The molecule has 0 aliphatic heterocycles. The summed E-state index contributed by atoms with van der Waals surface area (Å²) in [7, 11) is 0. The minimum atomic E-state index is 0.308. The van der Waals surface area contributed by atoms with Crippen LogP contribution in [0.2, 0.25) is 0 Å². The molecule has 4 N–H and O–H groups in total. The van der Waals surface area contributed by atoms with Crippen LogP contribution < -0.4 is 11.6 Å². The molecule has 0 radical (unpaired) electrons. The summed E-state index contributed by atoms with van der Waals surface area (Å²) >= 11 is 0. The van der Waals surface area contributed by atoms with Crippen molar-refractivity contribution in [2.45, 2.75) is 12.8 Å². The molecule has 0 amide bonds. The van der Waals surface area contributed by atoms with Gasteiger partial charge in [-0.25, -0.2) is 0 Å². The van der Waals surface area contributed by atoms with Crippen LogP contribution in [-0.2, 0) is 12.8 Å². The Hall–Kier alpha value is -1.51. The van der Waals surface area contributed by atoms with Gasteiger partial charge in [-0.15, -0.1) is 0 Å². The van der Waals surface area contributed by atoms with Crippen LogP contribution in [0.4, 0.5) is 0 Å². The van der Waals surface area contributed by atoms with Crippen LogP contribution in [0.1, 0.15) is 11.1 Å². The van der Waals surface area contributed by atoms with E-state index in [1.807, 2.05) is 0 Å². The first-order chi connectivity index (χ1) is 6.31. The molecule has 0 aromatic heterocycles. The molecular weight excluding hydrogens is 162 g/mol. The van der Waals surface area contributed by atoms with Crippen LogP contribution in [0.25, 0.3) is 0 Å². The van der Waals surface area contributed by atoms with Crippen LogP contribution in [0.3, 0.4) is 0 Å². The van der Waals surface area contributed by atoms with E-state index in [-0.39, 0.29) is 0 Å². The van der Waals surface area contributed by atoms with Gasteiger partial charge in [0.25, 0.3) is 0 Å². The average molecular weight is 175 g/mol. The van der Waals surface area contributed by atoms with Gasteiger partial charge in [-0.05, 0) is 24.0 Å². The Balaban J connectivity index is 2.23. The number of fused-ring (bicyclic) bond motifs is 1. The largest absolute Gasteiger partial charge is 0.385 e. The maximum Gasteiger partial charge on any atom is 0.123 e. The topological polar surface area (TPSA) is 64.4 Å². The molecule has 3 heteroatoms. The normalized spacial score (nSPS) is 17.4. The second-order valence-electron chi connectivity index (χ2n) is 3.43. The summed E-state index contributed by atoms with van der Waals surface area (Å²) in [6.07, 6.45) is 1.95. The Morgan fingerprint density at radius 2 is 1.77 bits per heavy atom. The maximum atomic E-state index is 5.68. The van der Waals surface area contributed by atoms with E-state index in [2.05, 4.69) is 29.4 Å². The highest BCUT2D eigenvalue weighted by Gasteiger charge is 2.23. The monoisotopic (exact) mass is 175 g/mol. The summed E-state index contributed by atoms with van der Waals surface area (Å²) in [5, 5.41) is 3.55. The number of rotatable bonds is 1. The lowest BCUT2D eigenvalue weighted by Crippen LogP contribution is -2.25. The highest BCUT2D eigenvalue weighted by atomic mass is 15.2. The Bertz CT molecular complexity index is 319. The van der Waals surface area contributed by atoms with Crippen molar-refractivity contribution in [1.82, 2.24) is 0 Å². The van der Waals surface area contributed by atoms with E-state index in [0.717, 1.165) is 12.8 Å². The molecule has 0 heterocycles. The standard InChI is InChI=1S/C10H13N3/c11-10(13-12)9-5-7-3-1-2-4-8(7)6-9/h1-4,9H,5-6,12H2,(H2,11,13). The summed E-state index contributed by atoms with van der Waals surface area (Å²) in [5.74, 6) is 6.02. The number of hydrogen-bond donors (Lipinski definition) is 2. The summed E-state index contributed by atoms with van der Waals surface area (Å²) in [4.78, 5) is 0. The van der Waals surface area contributed by atoms with Crippen LogP contribution in [0, 0.1) is 5.92 Å². The van der Waals surface area contributed by atoms with E-state index < -0.39 is 0 Å². The van der Waals surface area contributed by atoms with Crippen molar-refractivity contribution in [2.24, 2.45) is 22.6 Å². The number of hydrogen-bond acceptors (Lipinski definition) is 2. The highest BCUT2D eigenvalue weighted by molar-refractivity contribution is 5.83. The van der Waals surface area contributed by atoms with Gasteiger partial charge in [0.15, 0.2) is 0 Å². The summed E-state index contributed by atoms with van der Waals surface area (Å²) in [6.45, 7) is 0. The molecule has 1 aromatic carbocycles.